The Morgan fingerprint density at radius 3 is 2.33 bits per heavy atom. The van der Waals surface area contributed by atoms with Gasteiger partial charge in [0.25, 0.3) is 0 Å². The Balaban J connectivity index is 3.86. The first-order chi connectivity index (χ1) is 6.91. The Bertz CT molecular complexity index is 155. The molecule has 92 valence electrons. The van der Waals surface area contributed by atoms with Gasteiger partial charge >= 0.3 is 0 Å². The van der Waals surface area contributed by atoms with Crippen molar-refractivity contribution in [2.75, 3.05) is 33.2 Å². The molecule has 0 aromatic rings. The second kappa shape index (κ2) is 7.24. The molecule has 0 aliphatic heterocycles. The minimum atomic E-state index is 0.373. The lowest BCUT2D eigenvalue weighted by Crippen LogP contribution is -2.40. The number of nitrogens with one attached hydrogen (secondary N) is 1. The topological polar surface area (TPSA) is 15.3 Å². The summed E-state index contributed by atoms with van der Waals surface area (Å²) in [6.07, 6.45) is 1.28. The van der Waals surface area contributed by atoms with E-state index in [-0.39, 0.29) is 0 Å². The molecular weight excluding hydrogens is 184 g/mol. The fraction of sp³-hybridized carbons (Fsp3) is 1.00. The zero-order valence-corrected chi connectivity index (χ0v) is 11.6. The second-order valence-electron chi connectivity index (χ2n) is 5.65. The first kappa shape index (κ1) is 14.9. The molecule has 0 aromatic carbocycles. The molecule has 0 aliphatic rings. The highest BCUT2D eigenvalue weighted by molar-refractivity contribution is 4.75. The quantitative estimate of drug-likeness (QED) is 0.668. The van der Waals surface area contributed by atoms with Gasteiger partial charge in [0.2, 0.25) is 0 Å². The lowest BCUT2D eigenvalue weighted by molar-refractivity contribution is 0.185. The molecule has 2 nitrogen and oxygen atoms in total. The van der Waals surface area contributed by atoms with E-state index in [0.717, 1.165) is 19.0 Å². The largest absolute Gasteiger partial charge is 0.316 e. The summed E-state index contributed by atoms with van der Waals surface area (Å²) in [4.78, 5) is 2.46. The lowest BCUT2D eigenvalue weighted by Gasteiger charge is -2.31. The average molecular weight is 214 g/mol. The Labute approximate surface area is 96.4 Å². The van der Waals surface area contributed by atoms with Gasteiger partial charge in [0.1, 0.15) is 0 Å². The summed E-state index contributed by atoms with van der Waals surface area (Å²) in [5.41, 5.74) is 0.373. The first-order valence-electron chi connectivity index (χ1n) is 6.30. The van der Waals surface area contributed by atoms with Crippen LogP contribution in [0.25, 0.3) is 0 Å². The predicted molar refractivity (Wildman–Crippen MR) is 69.3 cm³/mol. The zero-order chi connectivity index (χ0) is 11.9. The predicted octanol–water partition coefficient (Wildman–Crippen LogP) is 2.60. The van der Waals surface area contributed by atoms with E-state index in [1.54, 1.807) is 0 Å². The summed E-state index contributed by atoms with van der Waals surface area (Å²) >= 11 is 0. The van der Waals surface area contributed by atoms with Crippen LogP contribution in [0.5, 0.6) is 0 Å². The van der Waals surface area contributed by atoms with Crippen molar-refractivity contribution in [3.63, 3.8) is 0 Å². The molecule has 0 saturated heterocycles. The van der Waals surface area contributed by atoms with Crippen LogP contribution >= 0.6 is 0 Å². The second-order valence-corrected chi connectivity index (χ2v) is 5.65. The van der Waals surface area contributed by atoms with Crippen LogP contribution in [0.15, 0.2) is 0 Å². The summed E-state index contributed by atoms with van der Waals surface area (Å²) in [6.45, 7) is 16.0. The molecule has 0 fully saturated rings. The highest BCUT2D eigenvalue weighted by Gasteiger charge is 2.19. The SMILES string of the molecule is CCNCC(C)(C)CN(C)CC(C)CC. The maximum atomic E-state index is 3.43. The third-order valence-corrected chi connectivity index (χ3v) is 2.87. The highest BCUT2D eigenvalue weighted by atomic mass is 15.1. The zero-order valence-electron chi connectivity index (χ0n) is 11.6. The van der Waals surface area contributed by atoms with Crippen molar-refractivity contribution < 1.29 is 0 Å². The maximum Gasteiger partial charge on any atom is 0.00419 e. The summed E-state index contributed by atoms with van der Waals surface area (Å²) in [6, 6.07) is 0. The van der Waals surface area contributed by atoms with E-state index in [9.17, 15) is 0 Å². The number of rotatable bonds is 8. The molecule has 0 aliphatic carbocycles. The van der Waals surface area contributed by atoms with Gasteiger partial charge < -0.3 is 10.2 Å². The van der Waals surface area contributed by atoms with Crippen molar-refractivity contribution >= 4 is 0 Å². The van der Waals surface area contributed by atoms with Crippen LogP contribution in [0.3, 0.4) is 0 Å². The van der Waals surface area contributed by atoms with Crippen LogP contribution in [0.2, 0.25) is 0 Å². The lowest BCUT2D eigenvalue weighted by atomic mass is 9.92. The smallest absolute Gasteiger partial charge is 0.00419 e. The maximum absolute atomic E-state index is 3.43. The van der Waals surface area contributed by atoms with Crippen molar-refractivity contribution in [2.45, 2.75) is 41.0 Å². The van der Waals surface area contributed by atoms with Crippen LogP contribution in [0, 0.1) is 11.3 Å². The molecule has 0 radical (unpaired) electrons. The summed E-state index contributed by atoms with van der Waals surface area (Å²) in [5.74, 6) is 0.810. The standard InChI is InChI=1S/C13H30N2/c1-7-12(3)9-15(6)11-13(4,5)10-14-8-2/h12,14H,7-11H2,1-6H3. The van der Waals surface area contributed by atoms with Crippen LogP contribution in [0.4, 0.5) is 0 Å². The van der Waals surface area contributed by atoms with Gasteiger partial charge in [-0.15, -0.1) is 0 Å². The molecule has 0 aromatic heterocycles. The Kier molecular flexibility index (Phi) is 7.20. The van der Waals surface area contributed by atoms with Gasteiger partial charge in [-0.05, 0) is 24.9 Å². The molecule has 0 spiro atoms. The van der Waals surface area contributed by atoms with Crippen molar-refractivity contribution in [1.82, 2.24) is 10.2 Å². The summed E-state index contributed by atoms with van der Waals surface area (Å²) in [7, 11) is 2.24. The van der Waals surface area contributed by atoms with Gasteiger partial charge in [0, 0.05) is 19.6 Å². The molecule has 1 N–H and O–H groups in total. The number of hydrogen-bond acceptors (Lipinski definition) is 2. The summed E-state index contributed by atoms with van der Waals surface area (Å²) < 4.78 is 0. The first-order valence-corrected chi connectivity index (χ1v) is 6.30. The summed E-state index contributed by atoms with van der Waals surface area (Å²) in [5, 5.41) is 3.43. The number of nitrogens with zero attached hydrogens (tertiary/aromatic N) is 1. The van der Waals surface area contributed by atoms with Gasteiger partial charge in [0.15, 0.2) is 0 Å². The van der Waals surface area contributed by atoms with Crippen molar-refractivity contribution in [1.29, 1.82) is 0 Å². The normalized spacial score (nSPS) is 14.6. The van der Waals surface area contributed by atoms with Crippen LogP contribution < -0.4 is 5.32 Å². The third-order valence-electron chi connectivity index (χ3n) is 2.87. The molecule has 1 unspecified atom stereocenters. The van der Waals surface area contributed by atoms with Gasteiger partial charge in [-0.2, -0.15) is 0 Å². The van der Waals surface area contributed by atoms with E-state index in [2.05, 4.69) is 51.9 Å². The molecule has 0 amide bonds. The van der Waals surface area contributed by atoms with E-state index in [1.807, 2.05) is 0 Å². The minimum Gasteiger partial charge on any atom is -0.316 e. The van der Waals surface area contributed by atoms with Crippen molar-refractivity contribution in [3.8, 4) is 0 Å². The fourth-order valence-corrected chi connectivity index (χ4v) is 1.98. The van der Waals surface area contributed by atoms with E-state index in [1.165, 1.54) is 19.5 Å². The third kappa shape index (κ3) is 7.80. The van der Waals surface area contributed by atoms with Gasteiger partial charge in [-0.1, -0.05) is 41.0 Å². The molecule has 0 saturated carbocycles. The molecule has 15 heavy (non-hydrogen) atoms. The monoisotopic (exact) mass is 214 g/mol. The molecule has 0 bridgehead atoms. The highest BCUT2D eigenvalue weighted by Crippen LogP contribution is 2.16. The van der Waals surface area contributed by atoms with Crippen LogP contribution in [0.1, 0.15) is 41.0 Å². The van der Waals surface area contributed by atoms with Gasteiger partial charge in [0.05, 0.1) is 0 Å². The molecule has 0 rings (SSSR count). The molecule has 0 heterocycles. The Morgan fingerprint density at radius 2 is 1.87 bits per heavy atom. The van der Waals surface area contributed by atoms with Crippen LogP contribution in [-0.2, 0) is 0 Å². The fourth-order valence-electron chi connectivity index (χ4n) is 1.98. The van der Waals surface area contributed by atoms with E-state index in [4.69, 9.17) is 0 Å². The minimum absolute atomic E-state index is 0.373. The van der Waals surface area contributed by atoms with E-state index >= 15 is 0 Å². The average Bonchev–Trinajstić information content (AvgIpc) is 2.13. The van der Waals surface area contributed by atoms with Gasteiger partial charge in [-0.25, -0.2) is 0 Å². The molecule has 2 heteroatoms. The van der Waals surface area contributed by atoms with E-state index < -0.39 is 0 Å². The van der Waals surface area contributed by atoms with E-state index in [0.29, 0.717) is 5.41 Å². The number of hydrogen-bond donors (Lipinski definition) is 1. The van der Waals surface area contributed by atoms with Crippen molar-refractivity contribution in [2.24, 2.45) is 11.3 Å². The van der Waals surface area contributed by atoms with Crippen molar-refractivity contribution in [3.05, 3.63) is 0 Å². The molecule has 1 atom stereocenters. The Morgan fingerprint density at radius 1 is 1.27 bits per heavy atom. The van der Waals surface area contributed by atoms with Gasteiger partial charge in [-0.3, -0.25) is 0 Å². The Hall–Kier alpha value is -0.0800. The molecular formula is C13H30N2. The van der Waals surface area contributed by atoms with Crippen LogP contribution in [-0.4, -0.2) is 38.1 Å².